The Labute approximate surface area is 181 Å². The first-order chi connectivity index (χ1) is 14.8. The van der Waals surface area contributed by atoms with E-state index in [0.29, 0.717) is 56.6 Å². The minimum absolute atomic E-state index is 0.0317. The van der Waals surface area contributed by atoms with E-state index in [1.54, 1.807) is 28.9 Å². The van der Waals surface area contributed by atoms with Crippen LogP contribution in [0.4, 0.5) is 0 Å². The zero-order chi connectivity index (χ0) is 22.2. The number of Topliss-reactive ketones (excluding diaryl/α,β-unsaturated/α-hetero) is 1. The largest absolute Gasteiger partial charge is 0.486 e. The predicted molar refractivity (Wildman–Crippen MR) is 112 cm³/mol. The van der Waals surface area contributed by atoms with E-state index in [4.69, 9.17) is 10.5 Å². The van der Waals surface area contributed by atoms with Gasteiger partial charge in [0.05, 0.1) is 12.0 Å². The normalized spacial score (nSPS) is 25.6. The van der Waals surface area contributed by atoms with Crippen molar-refractivity contribution in [2.75, 3.05) is 19.6 Å². The first-order valence-corrected chi connectivity index (χ1v) is 11.0. The lowest BCUT2D eigenvalue weighted by Crippen LogP contribution is -2.52. The van der Waals surface area contributed by atoms with Gasteiger partial charge >= 0.3 is 0 Å². The molecule has 2 saturated heterocycles. The van der Waals surface area contributed by atoms with Crippen molar-refractivity contribution in [1.82, 2.24) is 9.80 Å². The molecule has 2 atom stereocenters. The number of hydrogen-bond acceptors (Lipinski definition) is 5. The van der Waals surface area contributed by atoms with Gasteiger partial charge in [0.2, 0.25) is 17.7 Å². The molecular weight excluding hydrogens is 398 g/mol. The molecular formula is C23H29N3O5. The van der Waals surface area contributed by atoms with E-state index in [0.717, 1.165) is 0 Å². The third-order valence-corrected chi connectivity index (χ3v) is 6.95. The zero-order valence-electron chi connectivity index (χ0n) is 17.8. The molecule has 0 saturated carbocycles. The summed E-state index contributed by atoms with van der Waals surface area (Å²) in [7, 11) is 0. The first-order valence-electron chi connectivity index (χ1n) is 11.0. The summed E-state index contributed by atoms with van der Waals surface area (Å²) in [5, 5.41) is 0. The Balaban J connectivity index is 1.43. The SMILES string of the molecule is C[C@@H](C(=O)N1CCC(C(N)=O)CC1)N1CC[C@]2(CCC1=O)CC(=O)c1ccccc1O2. The van der Waals surface area contributed by atoms with Crippen molar-refractivity contribution >= 4 is 23.5 Å². The Hall–Kier alpha value is -2.90. The van der Waals surface area contributed by atoms with Gasteiger partial charge in [0.25, 0.3) is 0 Å². The minimum Gasteiger partial charge on any atom is -0.486 e. The van der Waals surface area contributed by atoms with Crippen LogP contribution in [0.1, 0.15) is 55.8 Å². The summed E-state index contributed by atoms with van der Waals surface area (Å²) in [6.07, 6.45) is 2.54. The molecule has 4 rings (SSSR count). The lowest BCUT2D eigenvalue weighted by atomic mass is 9.84. The quantitative estimate of drug-likeness (QED) is 0.786. The van der Waals surface area contributed by atoms with Crippen molar-refractivity contribution in [1.29, 1.82) is 0 Å². The molecule has 1 aromatic carbocycles. The molecule has 3 aliphatic rings. The van der Waals surface area contributed by atoms with Crippen molar-refractivity contribution < 1.29 is 23.9 Å². The Morgan fingerprint density at radius 3 is 2.55 bits per heavy atom. The van der Waals surface area contributed by atoms with Crippen LogP contribution < -0.4 is 10.5 Å². The number of carbonyl (C=O) groups excluding carboxylic acids is 4. The van der Waals surface area contributed by atoms with E-state index in [1.165, 1.54) is 0 Å². The van der Waals surface area contributed by atoms with E-state index >= 15 is 0 Å². The highest BCUT2D eigenvalue weighted by atomic mass is 16.5. The summed E-state index contributed by atoms with van der Waals surface area (Å²) in [6.45, 7) is 3.05. The maximum Gasteiger partial charge on any atom is 0.245 e. The maximum absolute atomic E-state index is 13.0. The molecule has 2 fully saturated rings. The van der Waals surface area contributed by atoms with E-state index < -0.39 is 11.6 Å². The number of amides is 3. The van der Waals surface area contributed by atoms with Crippen LogP contribution in [0.5, 0.6) is 5.75 Å². The molecule has 3 aliphatic heterocycles. The van der Waals surface area contributed by atoms with Crippen molar-refractivity contribution in [3.63, 3.8) is 0 Å². The smallest absolute Gasteiger partial charge is 0.245 e. The number of hydrogen-bond donors (Lipinski definition) is 1. The number of likely N-dealkylation sites (tertiary alicyclic amines) is 2. The molecule has 8 nitrogen and oxygen atoms in total. The molecule has 166 valence electrons. The van der Waals surface area contributed by atoms with Crippen LogP contribution in [-0.4, -0.2) is 64.6 Å². The maximum atomic E-state index is 13.0. The molecule has 31 heavy (non-hydrogen) atoms. The lowest BCUT2D eigenvalue weighted by molar-refractivity contribution is -0.146. The van der Waals surface area contributed by atoms with Gasteiger partial charge in [-0.1, -0.05) is 12.1 Å². The number of fused-ring (bicyclic) bond motifs is 1. The lowest BCUT2D eigenvalue weighted by Gasteiger charge is -2.38. The number of rotatable bonds is 3. The number of benzene rings is 1. The number of primary amides is 1. The van der Waals surface area contributed by atoms with Crippen LogP contribution in [-0.2, 0) is 14.4 Å². The molecule has 3 heterocycles. The third-order valence-electron chi connectivity index (χ3n) is 6.95. The van der Waals surface area contributed by atoms with Gasteiger partial charge in [-0.25, -0.2) is 0 Å². The van der Waals surface area contributed by atoms with E-state index in [2.05, 4.69) is 0 Å². The summed E-state index contributed by atoms with van der Waals surface area (Å²) >= 11 is 0. The number of nitrogens with two attached hydrogens (primary N) is 1. The van der Waals surface area contributed by atoms with E-state index in [1.807, 2.05) is 12.1 Å². The van der Waals surface area contributed by atoms with Crippen LogP contribution in [0.15, 0.2) is 24.3 Å². The Kier molecular flexibility index (Phi) is 5.73. The molecule has 0 aromatic heterocycles. The Morgan fingerprint density at radius 1 is 1.13 bits per heavy atom. The third kappa shape index (κ3) is 4.16. The number of carbonyl (C=O) groups is 4. The number of para-hydroxylation sites is 1. The summed E-state index contributed by atoms with van der Waals surface area (Å²) in [4.78, 5) is 53.3. The summed E-state index contributed by atoms with van der Waals surface area (Å²) < 4.78 is 6.26. The molecule has 0 unspecified atom stereocenters. The number of nitrogens with zero attached hydrogens (tertiary/aromatic N) is 2. The summed E-state index contributed by atoms with van der Waals surface area (Å²) in [5.74, 6) is -0.122. The van der Waals surface area contributed by atoms with Gasteiger partial charge in [-0.15, -0.1) is 0 Å². The second kappa shape index (κ2) is 8.32. The topological polar surface area (TPSA) is 110 Å². The van der Waals surface area contributed by atoms with Gasteiger partial charge in [-0.3, -0.25) is 19.2 Å². The Morgan fingerprint density at radius 2 is 1.84 bits per heavy atom. The van der Waals surface area contributed by atoms with Gasteiger partial charge < -0.3 is 20.3 Å². The van der Waals surface area contributed by atoms with Crippen molar-refractivity contribution in [2.45, 2.75) is 57.1 Å². The fourth-order valence-electron chi connectivity index (χ4n) is 4.97. The molecule has 0 aliphatic carbocycles. The first kappa shape index (κ1) is 21.3. The fourth-order valence-corrected chi connectivity index (χ4v) is 4.97. The number of piperidine rings is 1. The Bertz CT molecular complexity index is 908. The molecule has 2 N–H and O–H groups in total. The van der Waals surface area contributed by atoms with Crippen LogP contribution >= 0.6 is 0 Å². The molecule has 8 heteroatoms. The van der Waals surface area contributed by atoms with Gasteiger partial charge in [-0.2, -0.15) is 0 Å². The second-order valence-electron chi connectivity index (χ2n) is 8.90. The average Bonchev–Trinajstić information content (AvgIpc) is 2.92. The molecule has 1 spiro atoms. The van der Waals surface area contributed by atoms with Gasteiger partial charge in [0.1, 0.15) is 17.4 Å². The minimum atomic E-state index is -0.710. The van der Waals surface area contributed by atoms with Gasteiger partial charge in [-0.05, 0) is 38.3 Å². The monoisotopic (exact) mass is 427 g/mol. The second-order valence-corrected chi connectivity index (χ2v) is 8.90. The van der Waals surface area contributed by atoms with Gasteiger partial charge in [0.15, 0.2) is 5.78 Å². The highest BCUT2D eigenvalue weighted by molar-refractivity contribution is 6.00. The molecule has 0 radical (unpaired) electrons. The molecule has 3 amide bonds. The number of ether oxygens (including phenoxy) is 1. The van der Waals surface area contributed by atoms with Crippen LogP contribution in [0, 0.1) is 5.92 Å². The van der Waals surface area contributed by atoms with Crippen molar-refractivity contribution in [3.05, 3.63) is 29.8 Å². The van der Waals surface area contributed by atoms with E-state index in [-0.39, 0.29) is 42.3 Å². The summed E-state index contributed by atoms with van der Waals surface area (Å²) in [5.41, 5.74) is 5.25. The molecule has 0 bridgehead atoms. The molecule has 1 aromatic rings. The number of ketones is 1. The van der Waals surface area contributed by atoms with Crippen molar-refractivity contribution in [3.8, 4) is 5.75 Å². The van der Waals surface area contributed by atoms with Crippen molar-refractivity contribution in [2.24, 2.45) is 11.7 Å². The highest BCUT2D eigenvalue weighted by Crippen LogP contribution is 2.39. The predicted octanol–water partition coefficient (Wildman–Crippen LogP) is 1.52. The highest BCUT2D eigenvalue weighted by Gasteiger charge is 2.44. The summed E-state index contributed by atoms with van der Waals surface area (Å²) in [6, 6.07) is 6.61. The van der Waals surface area contributed by atoms with Crippen LogP contribution in [0.25, 0.3) is 0 Å². The van der Waals surface area contributed by atoms with Crippen LogP contribution in [0.2, 0.25) is 0 Å². The standard InChI is InChI=1S/C23H29N3O5/c1-15(22(30)25-11-7-16(8-12-25)21(24)29)26-13-10-23(9-6-20(26)28)14-18(27)17-4-2-3-5-19(17)31-23/h2-5,15-16H,6-14H2,1H3,(H2,24,29)/t15-,23+/m0/s1. The fraction of sp³-hybridized carbons (Fsp3) is 0.565. The zero-order valence-corrected chi connectivity index (χ0v) is 17.8. The van der Waals surface area contributed by atoms with E-state index in [9.17, 15) is 19.2 Å². The average molecular weight is 428 g/mol. The van der Waals surface area contributed by atoms with Crippen LogP contribution in [0.3, 0.4) is 0 Å². The van der Waals surface area contributed by atoms with Gasteiger partial charge in [0, 0.05) is 38.4 Å².